The van der Waals surface area contributed by atoms with Crippen LogP contribution < -0.4 is 0 Å². The highest BCUT2D eigenvalue weighted by Crippen LogP contribution is 2.35. The predicted molar refractivity (Wildman–Crippen MR) is 196 cm³/mol. The molecule has 54 heavy (non-hydrogen) atoms. The highest BCUT2D eigenvalue weighted by molar-refractivity contribution is 5.91. The summed E-state index contributed by atoms with van der Waals surface area (Å²) in [7, 11) is 6.36. The molecule has 0 aromatic carbocycles. The largest absolute Gasteiger partial charge is 0.462 e. The number of hydrogen-bond acceptors (Lipinski definition) is 15. The maximum Gasteiger partial charge on any atom is 0.308 e. The second-order valence-corrected chi connectivity index (χ2v) is 15.4. The van der Waals surface area contributed by atoms with Crippen LogP contribution in [0.5, 0.6) is 0 Å². The van der Waals surface area contributed by atoms with Gasteiger partial charge < -0.3 is 63.3 Å². The van der Waals surface area contributed by atoms with Crippen LogP contribution in [-0.4, -0.2) is 158 Å². The zero-order valence-corrected chi connectivity index (χ0v) is 33.5. The Bertz CT molecular complexity index is 1260. The number of aldehydes is 1. The number of allylic oxidation sites excluding steroid dienone is 3. The molecule has 15 heteroatoms. The van der Waals surface area contributed by atoms with E-state index >= 15 is 0 Å². The van der Waals surface area contributed by atoms with Crippen molar-refractivity contribution in [1.29, 1.82) is 0 Å². The van der Waals surface area contributed by atoms with E-state index in [1.165, 1.54) is 20.3 Å². The molecular formula is C39H65NO14. The summed E-state index contributed by atoms with van der Waals surface area (Å²) in [4.78, 5) is 40.8. The maximum atomic E-state index is 13.6. The van der Waals surface area contributed by atoms with E-state index in [2.05, 4.69) is 0 Å². The first kappa shape index (κ1) is 46.2. The zero-order chi connectivity index (χ0) is 40.4. The van der Waals surface area contributed by atoms with E-state index in [9.17, 15) is 34.8 Å². The Morgan fingerprint density at radius 2 is 1.52 bits per heavy atom. The monoisotopic (exact) mass is 771 g/mol. The molecule has 0 aliphatic carbocycles. The van der Waals surface area contributed by atoms with E-state index in [0.29, 0.717) is 12.0 Å². The molecule has 0 bridgehead atoms. The first-order chi connectivity index (χ1) is 25.5. The Balaban J connectivity index is 1.96. The lowest BCUT2D eigenvalue weighted by Crippen LogP contribution is -2.63. The third kappa shape index (κ3) is 11.7. The Morgan fingerprint density at radius 1 is 0.889 bits per heavy atom. The van der Waals surface area contributed by atoms with Gasteiger partial charge in [0.1, 0.15) is 36.8 Å². The quantitative estimate of drug-likeness (QED) is 0.174. The van der Waals surface area contributed by atoms with Gasteiger partial charge in [0.25, 0.3) is 0 Å². The number of esters is 1. The molecule has 3 rings (SSSR count). The summed E-state index contributed by atoms with van der Waals surface area (Å²) >= 11 is 0. The SMILES string of the molecule is CC[C@H]1OC(=O)C[C@@H](O)[C@H](C)[C@@H](O[C@@H]2OC(C)[C@@H](O)C(N(C)C)C2O)[C@@H](CC=O)C[C@@H](C)C(=O)/C=C/C(C)=C/[C@@H]1CO[C@@H]1OC(C)[C@@H](O)[C@H](OC)C1OC. The van der Waals surface area contributed by atoms with Crippen LogP contribution in [0.15, 0.2) is 23.8 Å². The van der Waals surface area contributed by atoms with Gasteiger partial charge in [-0.05, 0) is 59.7 Å². The number of ether oxygens (including phenoxy) is 7. The Hall–Kier alpha value is -2.15. The van der Waals surface area contributed by atoms with E-state index in [1.807, 2.05) is 19.9 Å². The standard InChI is InChI=1S/C39H65NO14/c1-11-29-26(19-50-39-37(49-10)36(48-9)33(46)24(6)52-39)16-20(2)12-13-27(42)21(3)17-25(14-15-41)35(22(4)28(43)18-30(44)53-29)54-38-34(47)31(40(7)8)32(45)23(5)51-38/h12-13,15-16,21-26,28-29,31-39,43,45-47H,11,14,17-19H2,1-10H3/b13-12+,20-16+/t21-,22+,23?,24?,25+,26-,28-,29-,31?,32-,33-,34?,35-,36+,37?,38+,39-/m1/s1. The molecule has 2 fully saturated rings. The molecule has 0 amide bonds. The van der Waals surface area contributed by atoms with E-state index in [4.69, 9.17) is 33.2 Å². The number of carbonyl (C=O) groups excluding carboxylic acids is 3. The summed E-state index contributed by atoms with van der Waals surface area (Å²) in [5.74, 6) is -3.37. The highest BCUT2D eigenvalue weighted by Gasteiger charge is 2.48. The lowest BCUT2D eigenvalue weighted by molar-refractivity contribution is -0.304. The van der Waals surface area contributed by atoms with E-state index in [1.54, 1.807) is 52.8 Å². The average Bonchev–Trinajstić information content (AvgIpc) is 3.12. The van der Waals surface area contributed by atoms with Crippen LogP contribution in [0.3, 0.4) is 0 Å². The lowest BCUT2D eigenvalue weighted by atomic mass is 9.79. The summed E-state index contributed by atoms with van der Waals surface area (Å²) in [5, 5.41) is 44.2. The van der Waals surface area contributed by atoms with Crippen LogP contribution in [0.1, 0.15) is 67.2 Å². The molecule has 310 valence electrons. The van der Waals surface area contributed by atoms with Crippen molar-refractivity contribution in [3.63, 3.8) is 0 Å². The molecule has 3 heterocycles. The van der Waals surface area contributed by atoms with Gasteiger partial charge >= 0.3 is 5.97 Å². The fourth-order valence-electron chi connectivity index (χ4n) is 7.76. The minimum atomic E-state index is -1.31. The van der Waals surface area contributed by atoms with Crippen molar-refractivity contribution in [3.8, 4) is 0 Å². The van der Waals surface area contributed by atoms with Gasteiger partial charge in [0.15, 0.2) is 18.4 Å². The lowest BCUT2D eigenvalue weighted by Gasteiger charge is -2.46. The van der Waals surface area contributed by atoms with E-state index < -0.39 is 116 Å². The third-order valence-corrected chi connectivity index (χ3v) is 11.1. The summed E-state index contributed by atoms with van der Waals surface area (Å²) in [6, 6.07) is -0.740. The van der Waals surface area contributed by atoms with Crippen LogP contribution in [0.4, 0.5) is 0 Å². The summed E-state index contributed by atoms with van der Waals surface area (Å²) < 4.78 is 41.6. The molecular weight excluding hydrogens is 706 g/mol. The number of ketones is 1. The zero-order valence-electron chi connectivity index (χ0n) is 33.5. The number of nitrogens with zero attached hydrogens (tertiary/aromatic N) is 1. The van der Waals surface area contributed by atoms with Gasteiger partial charge in [-0.25, -0.2) is 0 Å². The topological polar surface area (TPSA) is 200 Å². The van der Waals surface area contributed by atoms with Crippen LogP contribution >= 0.6 is 0 Å². The number of methoxy groups -OCH3 is 2. The maximum absolute atomic E-state index is 13.6. The predicted octanol–water partition coefficient (Wildman–Crippen LogP) is 1.56. The van der Waals surface area contributed by atoms with Crippen molar-refractivity contribution in [2.24, 2.45) is 23.7 Å². The van der Waals surface area contributed by atoms with Crippen molar-refractivity contribution in [2.45, 2.75) is 147 Å². The Labute approximate surface area is 319 Å². The molecule has 0 radical (unpaired) electrons. The average molecular weight is 772 g/mol. The van der Waals surface area contributed by atoms with Gasteiger partial charge in [-0.1, -0.05) is 38.5 Å². The van der Waals surface area contributed by atoms with Gasteiger partial charge in [-0.2, -0.15) is 0 Å². The first-order valence-corrected chi connectivity index (χ1v) is 19.0. The van der Waals surface area contributed by atoms with E-state index in [-0.39, 0.29) is 25.2 Å². The number of likely N-dealkylation sites (N-methyl/N-ethyl adjacent to an activating group) is 1. The third-order valence-electron chi connectivity index (χ3n) is 11.1. The highest BCUT2D eigenvalue weighted by atomic mass is 16.7. The molecule has 0 aromatic rings. The Morgan fingerprint density at radius 3 is 2.11 bits per heavy atom. The van der Waals surface area contributed by atoms with Crippen molar-refractivity contribution >= 4 is 18.0 Å². The molecule has 15 nitrogen and oxygen atoms in total. The second-order valence-electron chi connectivity index (χ2n) is 15.4. The van der Waals surface area contributed by atoms with Crippen LogP contribution in [-0.2, 0) is 47.5 Å². The van der Waals surface area contributed by atoms with Crippen LogP contribution in [0.25, 0.3) is 0 Å². The number of cyclic esters (lactones) is 1. The summed E-state index contributed by atoms with van der Waals surface area (Å²) in [5.41, 5.74) is 0.701. The fraction of sp³-hybridized carbons (Fsp3) is 0.821. The van der Waals surface area contributed by atoms with E-state index in [0.717, 1.165) is 6.29 Å². The van der Waals surface area contributed by atoms with Crippen LogP contribution in [0, 0.1) is 23.7 Å². The number of aliphatic hydroxyl groups is 4. The number of hydrogen-bond donors (Lipinski definition) is 4. The fourth-order valence-corrected chi connectivity index (χ4v) is 7.76. The number of carbonyl (C=O) groups is 3. The molecule has 4 N–H and O–H groups in total. The molecule has 5 unspecified atom stereocenters. The summed E-state index contributed by atoms with van der Waals surface area (Å²) in [6.45, 7) is 10.5. The van der Waals surface area contributed by atoms with Gasteiger partial charge in [0.2, 0.25) is 0 Å². The van der Waals surface area contributed by atoms with Crippen molar-refractivity contribution in [1.82, 2.24) is 4.90 Å². The van der Waals surface area contributed by atoms with Crippen molar-refractivity contribution in [3.05, 3.63) is 23.8 Å². The second kappa shape index (κ2) is 21.4. The van der Waals surface area contributed by atoms with Gasteiger partial charge in [0, 0.05) is 38.4 Å². The molecule has 0 aromatic heterocycles. The number of rotatable bonds is 11. The molecule has 3 aliphatic heterocycles. The minimum Gasteiger partial charge on any atom is -0.462 e. The summed E-state index contributed by atoms with van der Waals surface area (Å²) in [6.07, 6.45) is -5.36. The normalized spacial score (nSPS) is 43.6. The molecule has 0 saturated carbocycles. The Kier molecular flexibility index (Phi) is 18.3. The van der Waals surface area contributed by atoms with Crippen LogP contribution in [0.2, 0.25) is 0 Å². The van der Waals surface area contributed by atoms with Gasteiger partial charge in [0.05, 0.1) is 49.6 Å². The van der Waals surface area contributed by atoms with Gasteiger partial charge in [-0.3, -0.25) is 9.59 Å². The van der Waals surface area contributed by atoms with Crippen molar-refractivity contribution < 1.29 is 68.0 Å². The first-order valence-electron chi connectivity index (χ1n) is 19.0. The number of aliphatic hydroxyl groups excluding tert-OH is 4. The minimum absolute atomic E-state index is 0.0120. The van der Waals surface area contributed by atoms with Gasteiger partial charge in [-0.15, -0.1) is 0 Å². The molecule has 17 atom stereocenters. The smallest absolute Gasteiger partial charge is 0.308 e. The molecule has 0 spiro atoms. The molecule has 3 aliphatic rings. The molecule has 2 saturated heterocycles. The van der Waals surface area contributed by atoms with Crippen molar-refractivity contribution in [2.75, 3.05) is 34.9 Å².